The lowest BCUT2D eigenvalue weighted by Crippen LogP contribution is -2.59. The third-order valence-corrected chi connectivity index (χ3v) is 11.7. The van der Waals surface area contributed by atoms with Crippen molar-refractivity contribution in [2.75, 3.05) is 0 Å². The van der Waals surface area contributed by atoms with Crippen LogP contribution in [0.15, 0.2) is 0 Å². The molecule has 4 rings (SSSR count). The third kappa shape index (κ3) is 3.93. The fourth-order valence-electron chi connectivity index (χ4n) is 9.23. The number of aliphatic hydroxyl groups excluding tert-OH is 4. The predicted octanol–water partition coefficient (Wildman–Crippen LogP) is 3.81. The molecule has 5 heteroatoms. The molecular formula is C28H48O5. The Hall–Kier alpha value is -0.490. The summed E-state index contributed by atoms with van der Waals surface area (Å²) in [5.41, 5.74) is -0.162. The average molecular weight is 465 g/mol. The van der Waals surface area contributed by atoms with Gasteiger partial charge in [-0.2, -0.15) is 0 Å². The van der Waals surface area contributed by atoms with E-state index in [1.807, 2.05) is 6.92 Å². The number of hydrogen-bond acceptors (Lipinski definition) is 5. The van der Waals surface area contributed by atoms with Gasteiger partial charge in [0.2, 0.25) is 0 Å². The van der Waals surface area contributed by atoms with E-state index in [4.69, 9.17) is 0 Å². The first-order valence-corrected chi connectivity index (χ1v) is 13.6. The molecule has 4 aliphatic rings. The molecule has 33 heavy (non-hydrogen) atoms. The standard InChI is InChI=1S/C28H48O5/c1-14(2)15(3)25(32)26(33)16(4)18-7-8-19-17-11-22(29)21-12-23(30)24(31)13-28(21,6)20(17)9-10-27(18,19)5/h14-21,23-26,30-33H,7-13H2,1-6H3/t15-,16-,17?,18+,19?,20?,21?,23+,24-,25+,26+,27+,28+/m0/s1. The summed E-state index contributed by atoms with van der Waals surface area (Å²) >= 11 is 0. The second kappa shape index (κ2) is 8.87. The number of carbonyl (C=O) groups is 1. The van der Waals surface area contributed by atoms with Crippen LogP contribution in [0.4, 0.5) is 0 Å². The highest BCUT2D eigenvalue weighted by Crippen LogP contribution is 2.67. The van der Waals surface area contributed by atoms with Crippen molar-refractivity contribution < 1.29 is 25.2 Å². The van der Waals surface area contributed by atoms with Gasteiger partial charge in [-0.25, -0.2) is 0 Å². The predicted molar refractivity (Wildman–Crippen MR) is 128 cm³/mol. The van der Waals surface area contributed by atoms with Gasteiger partial charge in [0.05, 0.1) is 24.4 Å². The topological polar surface area (TPSA) is 98.0 Å². The number of fused-ring (bicyclic) bond motifs is 5. The molecule has 190 valence electrons. The first-order chi connectivity index (χ1) is 15.3. The molecule has 0 aromatic rings. The van der Waals surface area contributed by atoms with Crippen LogP contribution in [0.25, 0.3) is 0 Å². The van der Waals surface area contributed by atoms with Crippen LogP contribution in [0.3, 0.4) is 0 Å². The van der Waals surface area contributed by atoms with Crippen LogP contribution >= 0.6 is 0 Å². The number of rotatable bonds is 5. The summed E-state index contributed by atoms with van der Waals surface area (Å²) in [5.74, 6) is 2.05. The van der Waals surface area contributed by atoms with E-state index >= 15 is 0 Å². The normalized spacial score (nSPS) is 49.1. The zero-order valence-corrected chi connectivity index (χ0v) is 21.6. The number of Topliss-reactive ketones (excluding diaryl/α,β-unsaturated/α-hetero) is 1. The lowest BCUT2D eigenvalue weighted by Gasteiger charge is -2.61. The first kappa shape index (κ1) is 25.6. The summed E-state index contributed by atoms with van der Waals surface area (Å²) in [6.45, 7) is 12.9. The molecule has 0 saturated heterocycles. The molecule has 4 aliphatic carbocycles. The van der Waals surface area contributed by atoms with Crippen molar-refractivity contribution in [3.63, 3.8) is 0 Å². The van der Waals surface area contributed by atoms with Crippen molar-refractivity contribution in [2.24, 2.45) is 58.2 Å². The zero-order valence-electron chi connectivity index (χ0n) is 21.6. The van der Waals surface area contributed by atoms with Gasteiger partial charge in [-0.15, -0.1) is 0 Å². The SMILES string of the molecule is CC(C)[C@H](C)[C@@H](O)[C@H](O)[C@@H](C)[C@H]1CCC2C3CC(=O)C4C[C@@H](O)[C@@H](O)C[C@]4(C)C3CC[C@@]21C. The van der Waals surface area contributed by atoms with Gasteiger partial charge in [-0.3, -0.25) is 4.79 Å². The Kier molecular flexibility index (Phi) is 6.88. The Morgan fingerprint density at radius 3 is 2.15 bits per heavy atom. The van der Waals surface area contributed by atoms with Crippen LogP contribution < -0.4 is 0 Å². The molecule has 5 nitrogen and oxygen atoms in total. The van der Waals surface area contributed by atoms with E-state index in [1.54, 1.807) is 0 Å². The van der Waals surface area contributed by atoms with Crippen LogP contribution in [0, 0.1) is 58.2 Å². The van der Waals surface area contributed by atoms with Crippen molar-refractivity contribution in [3.05, 3.63) is 0 Å². The Balaban J connectivity index is 1.56. The van der Waals surface area contributed by atoms with Crippen LogP contribution in [-0.4, -0.2) is 50.6 Å². The highest BCUT2D eigenvalue weighted by atomic mass is 16.3. The van der Waals surface area contributed by atoms with Crippen LogP contribution in [0.1, 0.15) is 86.5 Å². The smallest absolute Gasteiger partial charge is 0.136 e. The van der Waals surface area contributed by atoms with Crippen LogP contribution in [0.2, 0.25) is 0 Å². The molecule has 0 amide bonds. The van der Waals surface area contributed by atoms with E-state index in [-0.39, 0.29) is 34.4 Å². The van der Waals surface area contributed by atoms with Gasteiger partial charge in [0, 0.05) is 12.3 Å². The van der Waals surface area contributed by atoms with Gasteiger partial charge < -0.3 is 20.4 Å². The molecule has 4 fully saturated rings. The molecular weight excluding hydrogens is 416 g/mol. The van der Waals surface area contributed by atoms with E-state index in [2.05, 4.69) is 34.6 Å². The minimum atomic E-state index is -0.782. The number of ketones is 1. The summed E-state index contributed by atoms with van der Waals surface area (Å²) in [7, 11) is 0. The summed E-state index contributed by atoms with van der Waals surface area (Å²) in [5, 5.41) is 42.8. The van der Waals surface area contributed by atoms with Crippen molar-refractivity contribution in [2.45, 2.75) is 111 Å². The fourth-order valence-corrected chi connectivity index (χ4v) is 9.23. The first-order valence-electron chi connectivity index (χ1n) is 13.6. The Morgan fingerprint density at radius 1 is 0.879 bits per heavy atom. The molecule has 0 aliphatic heterocycles. The van der Waals surface area contributed by atoms with Gasteiger partial charge in [0.1, 0.15) is 5.78 Å². The van der Waals surface area contributed by atoms with E-state index in [9.17, 15) is 25.2 Å². The number of carbonyl (C=O) groups excluding carboxylic acids is 1. The highest BCUT2D eigenvalue weighted by Gasteiger charge is 2.63. The summed E-state index contributed by atoms with van der Waals surface area (Å²) in [4.78, 5) is 13.3. The van der Waals surface area contributed by atoms with Gasteiger partial charge >= 0.3 is 0 Å². The Labute approximate surface area is 200 Å². The molecule has 4 N–H and O–H groups in total. The molecule has 0 radical (unpaired) electrons. The summed E-state index contributed by atoms with van der Waals surface area (Å²) < 4.78 is 0. The average Bonchev–Trinajstić information content (AvgIpc) is 3.10. The van der Waals surface area contributed by atoms with Gasteiger partial charge in [0.15, 0.2) is 0 Å². The lowest BCUT2D eigenvalue weighted by atomic mass is 9.44. The quantitative estimate of drug-likeness (QED) is 0.496. The van der Waals surface area contributed by atoms with Crippen LogP contribution in [-0.2, 0) is 4.79 Å². The number of aliphatic hydroxyl groups is 4. The molecule has 0 spiro atoms. The second-order valence-corrected chi connectivity index (χ2v) is 13.4. The third-order valence-electron chi connectivity index (χ3n) is 11.7. The van der Waals surface area contributed by atoms with Crippen molar-refractivity contribution in [3.8, 4) is 0 Å². The number of hydrogen-bond donors (Lipinski definition) is 4. The molecule has 4 unspecified atom stereocenters. The molecule has 0 aromatic carbocycles. The van der Waals surface area contributed by atoms with Gasteiger partial charge in [-0.1, -0.05) is 41.5 Å². The van der Waals surface area contributed by atoms with E-state index < -0.39 is 24.4 Å². The minimum Gasteiger partial charge on any atom is -0.390 e. The summed E-state index contributed by atoms with van der Waals surface area (Å²) in [6.07, 6.45) is 2.80. The largest absolute Gasteiger partial charge is 0.390 e. The van der Waals surface area contributed by atoms with Crippen molar-refractivity contribution in [1.82, 2.24) is 0 Å². The Morgan fingerprint density at radius 2 is 1.52 bits per heavy atom. The molecule has 0 bridgehead atoms. The Bertz CT molecular complexity index is 738. The highest BCUT2D eigenvalue weighted by molar-refractivity contribution is 5.83. The zero-order chi connectivity index (χ0) is 24.5. The fraction of sp³-hybridized carbons (Fsp3) is 0.964. The van der Waals surface area contributed by atoms with Gasteiger partial charge in [0.25, 0.3) is 0 Å². The maximum absolute atomic E-state index is 13.3. The lowest BCUT2D eigenvalue weighted by molar-refractivity contribution is -0.175. The molecule has 0 heterocycles. The maximum atomic E-state index is 13.3. The van der Waals surface area contributed by atoms with Crippen LogP contribution in [0.5, 0.6) is 0 Å². The minimum absolute atomic E-state index is 0.0158. The van der Waals surface area contributed by atoms with E-state index in [0.29, 0.717) is 48.9 Å². The molecule has 0 aromatic heterocycles. The monoisotopic (exact) mass is 464 g/mol. The van der Waals surface area contributed by atoms with E-state index in [0.717, 1.165) is 25.7 Å². The second-order valence-electron chi connectivity index (χ2n) is 13.4. The summed E-state index contributed by atoms with van der Waals surface area (Å²) in [6, 6.07) is 0. The van der Waals surface area contributed by atoms with Crippen molar-refractivity contribution >= 4 is 5.78 Å². The van der Waals surface area contributed by atoms with Crippen molar-refractivity contribution in [1.29, 1.82) is 0 Å². The molecule has 4 saturated carbocycles. The van der Waals surface area contributed by atoms with Gasteiger partial charge in [-0.05, 0) is 90.8 Å². The maximum Gasteiger partial charge on any atom is 0.136 e. The van der Waals surface area contributed by atoms with E-state index in [1.165, 1.54) is 0 Å². The molecule has 13 atom stereocenters.